The Morgan fingerprint density at radius 2 is 1.74 bits per heavy atom. The lowest BCUT2D eigenvalue weighted by atomic mass is 10.1. The Labute approximate surface area is 134 Å². The molecular weight excluding hydrogens is 294 g/mol. The van der Waals surface area contributed by atoms with Crippen molar-refractivity contribution in [3.63, 3.8) is 0 Å². The fraction of sp³-hybridized carbons (Fsp3) is 0.167. The summed E-state index contributed by atoms with van der Waals surface area (Å²) in [5.41, 5.74) is 1.53. The van der Waals surface area contributed by atoms with Gasteiger partial charge in [-0.05, 0) is 50.2 Å². The van der Waals surface area contributed by atoms with Gasteiger partial charge in [0.1, 0.15) is 5.75 Å². The largest absolute Gasteiger partial charge is 0.480 e. The molecule has 0 radical (unpaired) electrons. The van der Waals surface area contributed by atoms with Crippen molar-refractivity contribution in [3.05, 3.63) is 59.7 Å². The van der Waals surface area contributed by atoms with Crippen LogP contribution in [0.25, 0.3) is 0 Å². The van der Waals surface area contributed by atoms with Gasteiger partial charge in [0, 0.05) is 11.3 Å². The topological polar surface area (TPSA) is 72.5 Å². The third-order valence-electron chi connectivity index (χ3n) is 3.28. The molecule has 0 aromatic heterocycles. The van der Waals surface area contributed by atoms with E-state index in [4.69, 9.17) is 4.74 Å². The lowest BCUT2D eigenvalue weighted by Gasteiger charge is -2.16. The van der Waals surface area contributed by atoms with Crippen molar-refractivity contribution >= 4 is 23.7 Å². The van der Waals surface area contributed by atoms with Gasteiger partial charge in [-0.3, -0.25) is 14.4 Å². The summed E-state index contributed by atoms with van der Waals surface area (Å²) in [5, 5.41) is 2.70. The predicted octanol–water partition coefficient (Wildman–Crippen LogP) is 3.11. The highest BCUT2D eigenvalue weighted by molar-refractivity contribution is 5.96. The third kappa shape index (κ3) is 4.26. The first-order chi connectivity index (χ1) is 11.0. The lowest BCUT2D eigenvalue weighted by molar-refractivity contribution is -0.122. The second-order valence-corrected chi connectivity index (χ2v) is 5.04. The van der Waals surface area contributed by atoms with Gasteiger partial charge in [-0.15, -0.1) is 0 Å². The van der Waals surface area contributed by atoms with Crippen molar-refractivity contribution in [1.82, 2.24) is 0 Å². The van der Waals surface area contributed by atoms with E-state index in [-0.39, 0.29) is 11.7 Å². The minimum absolute atomic E-state index is 0.0370. The number of benzene rings is 2. The van der Waals surface area contributed by atoms with Crippen molar-refractivity contribution in [2.75, 3.05) is 5.32 Å². The van der Waals surface area contributed by atoms with E-state index in [1.165, 1.54) is 6.92 Å². The maximum atomic E-state index is 12.1. The van der Waals surface area contributed by atoms with Gasteiger partial charge < -0.3 is 10.1 Å². The summed E-state index contributed by atoms with van der Waals surface area (Å²) in [7, 11) is 0. The molecule has 2 aromatic carbocycles. The molecule has 0 unspecified atom stereocenters. The zero-order chi connectivity index (χ0) is 16.8. The zero-order valence-corrected chi connectivity index (χ0v) is 12.9. The molecule has 0 bridgehead atoms. The first kappa shape index (κ1) is 16.4. The number of hydrogen-bond acceptors (Lipinski definition) is 4. The molecule has 1 atom stereocenters. The second-order valence-electron chi connectivity index (χ2n) is 5.04. The van der Waals surface area contributed by atoms with E-state index in [9.17, 15) is 14.4 Å². The van der Waals surface area contributed by atoms with Crippen LogP contribution in [0.5, 0.6) is 5.75 Å². The highest BCUT2D eigenvalue weighted by Crippen LogP contribution is 2.18. The summed E-state index contributed by atoms with van der Waals surface area (Å²) in [4.78, 5) is 34.3. The molecule has 0 spiro atoms. The van der Waals surface area contributed by atoms with Gasteiger partial charge in [-0.2, -0.15) is 0 Å². The number of carbonyl (C=O) groups is 3. The lowest BCUT2D eigenvalue weighted by Crippen LogP contribution is -2.30. The number of ether oxygens (including phenoxy) is 1. The van der Waals surface area contributed by atoms with Crippen molar-refractivity contribution in [2.45, 2.75) is 20.0 Å². The average molecular weight is 311 g/mol. The first-order valence-corrected chi connectivity index (χ1v) is 7.14. The molecule has 1 N–H and O–H groups in total. The molecule has 0 aliphatic carbocycles. The Kier molecular flexibility index (Phi) is 5.25. The molecule has 23 heavy (non-hydrogen) atoms. The van der Waals surface area contributed by atoms with Crippen molar-refractivity contribution in [2.24, 2.45) is 0 Å². The summed E-state index contributed by atoms with van der Waals surface area (Å²) >= 11 is 0. The molecule has 0 aliphatic rings. The van der Waals surface area contributed by atoms with Gasteiger partial charge >= 0.3 is 0 Å². The summed E-state index contributed by atoms with van der Waals surface area (Å²) in [6.45, 7) is 3.08. The van der Waals surface area contributed by atoms with E-state index in [1.807, 2.05) is 0 Å². The van der Waals surface area contributed by atoms with Crippen LogP contribution < -0.4 is 10.1 Å². The smallest absolute Gasteiger partial charge is 0.265 e. The number of rotatable bonds is 6. The number of nitrogens with one attached hydrogen (secondary N) is 1. The number of anilines is 1. The Bertz CT molecular complexity index is 722. The minimum atomic E-state index is -0.774. The number of aldehydes is 1. The molecule has 5 heteroatoms. The maximum absolute atomic E-state index is 12.1. The van der Waals surface area contributed by atoms with Gasteiger partial charge in [0.05, 0.1) is 5.56 Å². The van der Waals surface area contributed by atoms with Crippen LogP contribution in [0.3, 0.4) is 0 Å². The molecule has 5 nitrogen and oxygen atoms in total. The predicted molar refractivity (Wildman–Crippen MR) is 87.0 cm³/mol. The number of para-hydroxylation sites is 1. The Morgan fingerprint density at radius 1 is 1.09 bits per heavy atom. The summed E-state index contributed by atoms with van der Waals surface area (Å²) in [6, 6.07) is 13.3. The highest BCUT2D eigenvalue weighted by Gasteiger charge is 2.16. The van der Waals surface area contributed by atoms with Crippen molar-refractivity contribution < 1.29 is 19.1 Å². The monoisotopic (exact) mass is 311 g/mol. The van der Waals surface area contributed by atoms with Crippen LogP contribution in [0.15, 0.2) is 48.5 Å². The van der Waals surface area contributed by atoms with E-state index in [0.717, 1.165) is 0 Å². The van der Waals surface area contributed by atoms with Crippen LogP contribution in [0.4, 0.5) is 5.69 Å². The molecule has 118 valence electrons. The van der Waals surface area contributed by atoms with E-state index in [1.54, 1.807) is 55.5 Å². The maximum Gasteiger partial charge on any atom is 0.265 e. The Morgan fingerprint density at radius 3 is 2.35 bits per heavy atom. The summed E-state index contributed by atoms with van der Waals surface area (Å²) in [6.07, 6.45) is -0.0935. The molecule has 2 rings (SSSR count). The van der Waals surface area contributed by atoms with Gasteiger partial charge in [0.2, 0.25) is 0 Å². The summed E-state index contributed by atoms with van der Waals surface area (Å²) in [5.74, 6) is -0.0246. The fourth-order valence-electron chi connectivity index (χ4n) is 1.96. The molecular formula is C18H17NO4. The molecule has 2 aromatic rings. The second kappa shape index (κ2) is 7.35. The number of ketones is 1. The Hall–Kier alpha value is -2.95. The van der Waals surface area contributed by atoms with Crippen LogP contribution in [-0.4, -0.2) is 24.1 Å². The van der Waals surface area contributed by atoms with Gasteiger partial charge in [-0.25, -0.2) is 0 Å². The molecule has 0 aliphatic heterocycles. The van der Waals surface area contributed by atoms with Gasteiger partial charge in [-0.1, -0.05) is 12.1 Å². The molecule has 0 fully saturated rings. The number of carbonyl (C=O) groups excluding carboxylic acids is 3. The average Bonchev–Trinajstić information content (AvgIpc) is 2.55. The standard InChI is InChI=1S/C18H17NO4/c1-12(21)14-7-9-16(10-8-14)19-18(22)13(2)23-17-6-4-3-5-15(17)11-20/h3-11,13H,1-2H3,(H,19,22)/t13-/m0/s1. The third-order valence-corrected chi connectivity index (χ3v) is 3.28. The van der Waals surface area contributed by atoms with E-state index in [0.29, 0.717) is 28.8 Å². The Balaban J connectivity index is 2.02. The molecule has 0 saturated heterocycles. The van der Waals surface area contributed by atoms with E-state index in [2.05, 4.69) is 5.32 Å². The van der Waals surface area contributed by atoms with Crippen LogP contribution in [0.1, 0.15) is 34.6 Å². The highest BCUT2D eigenvalue weighted by atomic mass is 16.5. The minimum Gasteiger partial charge on any atom is -0.480 e. The number of Topliss-reactive ketones (excluding diaryl/α,β-unsaturated/α-hetero) is 1. The van der Waals surface area contributed by atoms with Crippen LogP contribution in [0, 0.1) is 0 Å². The van der Waals surface area contributed by atoms with Gasteiger partial charge in [0.15, 0.2) is 18.2 Å². The number of hydrogen-bond donors (Lipinski definition) is 1. The van der Waals surface area contributed by atoms with Crippen molar-refractivity contribution in [1.29, 1.82) is 0 Å². The van der Waals surface area contributed by atoms with Gasteiger partial charge in [0.25, 0.3) is 5.91 Å². The normalized spacial score (nSPS) is 11.4. The number of amides is 1. The van der Waals surface area contributed by atoms with Crippen LogP contribution >= 0.6 is 0 Å². The van der Waals surface area contributed by atoms with E-state index >= 15 is 0 Å². The molecule has 0 heterocycles. The fourth-order valence-corrected chi connectivity index (χ4v) is 1.96. The van der Waals surface area contributed by atoms with E-state index < -0.39 is 6.10 Å². The first-order valence-electron chi connectivity index (χ1n) is 7.14. The van der Waals surface area contributed by atoms with Crippen LogP contribution in [0.2, 0.25) is 0 Å². The SMILES string of the molecule is CC(=O)c1ccc(NC(=O)[C@H](C)Oc2ccccc2C=O)cc1. The zero-order valence-electron chi connectivity index (χ0n) is 12.9. The molecule has 1 amide bonds. The summed E-state index contributed by atoms with van der Waals surface area (Å²) < 4.78 is 5.53. The molecule has 0 saturated carbocycles. The quantitative estimate of drug-likeness (QED) is 0.657. The van der Waals surface area contributed by atoms with Crippen LogP contribution in [-0.2, 0) is 4.79 Å². The van der Waals surface area contributed by atoms with Crippen molar-refractivity contribution in [3.8, 4) is 5.75 Å².